The van der Waals surface area contributed by atoms with Crippen molar-refractivity contribution < 1.29 is 17.6 Å². The molecule has 1 saturated heterocycles. The van der Waals surface area contributed by atoms with Gasteiger partial charge in [-0.3, -0.25) is 4.79 Å². The largest absolute Gasteiger partial charge is 0.351 e. The molecule has 0 radical (unpaired) electrons. The van der Waals surface area contributed by atoms with Crippen LogP contribution in [-0.4, -0.2) is 36.9 Å². The van der Waals surface area contributed by atoms with Crippen molar-refractivity contribution >= 4 is 21.7 Å². The van der Waals surface area contributed by atoms with Gasteiger partial charge in [-0.25, -0.2) is 27.5 Å². The summed E-state index contributed by atoms with van der Waals surface area (Å²) in [7, 11) is -3.95. The first kappa shape index (κ1) is 19.0. The molecule has 0 bridgehead atoms. The van der Waals surface area contributed by atoms with Gasteiger partial charge in [-0.1, -0.05) is 13.5 Å². The number of anilines is 1. The molecule has 1 amide bonds. The van der Waals surface area contributed by atoms with Crippen LogP contribution in [-0.2, 0) is 10.0 Å². The second kappa shape index (κ2) is 7.07. The Morgan fingerprint density at radius 2 is 2.00 bits per heavy atom. The van der Waals surface area contributed by atoms with Crippen molar-refractivity contribution in [1.82, 2.24) is 14.7 Å². The third-order valence-corrected chi connectivity index (χ3v) is 5.54. The maximum atomic E-state index is 13.3. The summed E-state index contributed by atoms with van der Waals surface area (Å²) >= 11 is 0. The molecule has 3 rings (SSSR count). The van der Waals surface area contributed by atoms with Gasteiger partial charge in [0, 0.05) is 23.6 Å². The van der Waals surface area contributed by atoms with Gasteiger partial charge in [0.2, 0.25) is 0 Å². The van der Waals surface area contributed by atoms with Crippen LogP contribution in [0.5, 0.6) is 0 Å². The van der Waals surface area contributed by atoms with Crippen LogP contribution in [0.15, 0.2) is 42.4 Å². The standard InChI is InChI=1S/C18H19FN4O3S/c1-4-27(25,26)22-18(24)15-9-20-17(23-10-11(2)12(23)3)16(21-15)13-5-7-14(19)8-6-13/h4-9,11-12H,1,10H2,2-3H3,(H,22,24). The number of carbonyl (C=O) groups excluding carboxylic acids is 1. The molecule has 2 aromatic rings. The van der Waals surface area contributed by atoms with Crippen molar-refractivity contribution in [1.29, 1.82) is 0 Å². The molecule has 0 aliphatic carbocycles. The number of nitrogens with one attached hydrogen (secondary N) is 1. The van der Waals surface area contributed by atoms with Crippen molar-refractivity contribution in [2.75, 3.05) is 11.4 Å². The minimum Gasteiger partial charge on any atom is -0.351 e. The Bertz CT molecular complexity index is 992. The van der Waals surface area contributed by atoms with Crippen LogP contribution in [0, 0.1) is 11.7 Å². The average molecular weight is 390 g/mol. The van der Waals surface area contributed by atoms with Gasteiger partial charge >= 0.3 is 0 Å². The second-order valence-corrected chi connectivity index (χ2v) is 8.07. The highest BCUT2D eigenvalue weighted by Crippen LogP contribution is 2.35. The summed E-state index contributed by atoms with van der Waals surface area (Å²) in [5.74, 6) is -0.267. The van der Waals surface area contributed by atoms with Crippen LogP contribution >= 0.6 is 0 Å². The lowest BCUT2D eigenvalue weighted by Gasteiger charge is -2.46. The van der Waals surface area contributed by atoms with Gasteiger partial charge in [-0.05, 0) is 37.1 Å². The van der Waals surface area contributed by atoms with Crippen molar-refractivity contribution in [2.45, 2.75) is 19.9 Å². The number of rotatable bonds is 5. The number of aromatic nitrogens is 2. The van der Waals surface area contributed by atoms with E-state index < -0.39 is 21.7 Å². The zero-order valence-corrected chi connectivity index (χ0v) is 15.7. The van der Waals surface area contributed by atoms with Crippen molar-refractivity contribution in [2.24, 2.45) is 5.92 Å². The zero-order chi connectivity index (χ0) is 19.8. The number of nitrogens with zero attached hydrogens (tertiary/aromatic N) is 3. The third kappa shape index (κ3) is 3.82. The summed E-state index contributed by atoms with van der Waals surface area (Å²) in [5, 5.41) is 0.636. The summed E-state index contributed by atoms with van der Waals surface area (Å²) in [6, 6.07) is 5.90. The van der Waals surface area contributed by atoms with Gasteiger partial charge in [-0.2, -0.15) is 0 Å². The summed E-state index contributed by atoms with van der Waals surface area (Å²) in [4.78, 5) is 22.9. The monoisotopic (exact) mass is 390 g/mol. The smallest absolute Gasteiger partial charge is 0.285 e. The Balaban J connectivity index is 2.04. The van der Waals surface area contributed by atoms with E-state index in [1.807, 2.05) is 9.62 Å². The lowest BCUT2D eigenvalue weighted by atomic mass is 9.91. The summed E-state index contributed by atoms with van der Waals surface area (Å²) in [5.41, 5.74) is 0.800. The van der Waals surface area contributed by atoms with Gasteiger partial charge < -0.3 is 4.90 Å². The van der Waals surface area contributed by atoms with Crippen LogP contribution in [0.4, 0.5) is 10.2 Å². The molecule has 1 aliphatic heterocycles. The Morgan fingerprint density at radius 1 is 1.33 bits per heavy atom. The lowest BCUT2D eigenvalue weighted by molar-refractivity contribution is 0.0976. The number of hydrogen-bond donors (Lipinski definition) is 1. The van der Waals surface area contributed by atoms with Crippen molar-refractivity contribution in [3.63, 3.8) is 0 Å². The molecular formula is C18H19FN4O3S. The normalized spacial score (nSPS) is 19.3. The maximum Gasteiger partial charge on any atom is 0.285 e. The molecule has 2 atom stereocenters. The Hall–Kier alpha value is -2.81. The van der Waals surface area contributed by atoms with E-state index in [-0.39, 0.29) is 11.7 Å². The number of carbonyl (C=O) groups is 1. The second-order valence-electron chi connectivity index (χ2n) is 6.45. The maximum absolute atomic E-state index is 13.3. The molecule has 1 aromatic heterocycles. The molecule has 1 fully saturated rings. The van der Waals surface area contributed by atoms with E-state index in [1.165, 1.54) is 18.3 Å². The molecule has 2 heterocycles. The van der Waals surface area contributed by atoms with E-state index >= 15 is 0 Å². The molecule has 7 nitrogen and oxygen atoms in total. The molecule has 27 heavy (non-hydrogen) atoms. The van der Waals surface area contributed by atoms with Crippen LogP contribution < -0.4 is 9.62 Å². The predicted molar refractivity (Wildman–Crippen MR) is 100.0 cm³/mol. The molecule has 0 spiro atoms. The highest BCUT2D eigenvalue weighted by molar-refractivity contribution is 7.92. The number of benzene rings is 1. The van der Waals surface area contributed by atoms with Crippen LogP contribution in [0.3, 0.4) is 0 Å². The van der Waals surface area contributed by atoms with E-state index in [1.54, 1.807) is 12.1 Å². The van der Waals surface area contributed by atoms with Gasteiger partial charge in [-0.15, -0.1) is 0 Å². The van der Waals surface area contributed by atoms with Crippen molar-refractivity contribution in [3.05, 3.63) is 54.0 Å². The number of amides is 1. The van der Waals surface area contributed by atoms with E-state index in [9.17, 15) is 17.6 Å². The van der Waals surface area contributed by atoms with Crippen molar-refractivity contribution in [3.8, 4) is 11.3 Å². The topological polar surface area (TPSA) is 92.3 Å². The lowest BCUT2D eigenvalue weighted by Crippen LogP contribution is -2.54. The predicted octanol–water partition coefficient (Wildman–Crippen LogP) is 2.33. The number of halogens is 1. The van der Waals surface area contributed by atoms with Gasteiger partial charge in [0.05, 0.1) is 6.20 Å². The molecule has 1 N–H and O–H groups in total. The molecule has 142 valence electrons. The first-order chi connectivity index (χ1) is 12.7. The van der Waals surface area contributed by atoms with Crippen LogP contribution in [0.25, 0.3) is 11.3 Å². The molecular weight excluding hydrogens is 371 g/mol. The fourth-order valence-corrected chi connectivity index (χ4v) is 3.25. The number of hydrogen-bond acceptors (Lipinski definition) is 6. The highest BCUT2D eigenvalue weighted by atomic mass is 32.2. The van der Waals surface area contributed by atoms with E-state index in [0.717, 1.165) is 6.54 Å². The number of sulfonamides is 1. The quantitative estimate of drug-likeness (QED) is 0.842. The Kier molecular flexibility index (Phi) is 4.97. The summed E-state index contributed by atoms with van der Waals surface area (Å²) in [6.45, 7) is 8.10. The molecule has 2 unspecified atom stereocenters. The fraction of sp³-hybridized carbons (Fsp3) is 0.278. The molecule has 1 aromatic carbocycles. The Morgan fingerprint density at radius 3 is 2.56 bits per heavy atom. The van der Waals surface area contributed by atoms with E-state index in [0.29, 0.717) is 28.4 Å². The summed E-state index contributed by atoms with van der Waals surface area (Å²) < 4.78 is 38.2. The highest BCUT2D eigenvalue weighted by Gasteiger charge is 2.35. The first-order valence-corrected chi connectivity index (χ1v) is 9.85. The summed E-state index contributed by atoms with van der Waals surface area (Å²) in [6.07, 6.45) is 1.23. The van der Waals surface area contributed by atoms with Crippen LogP contribution in [0.2, 0.25) is 0 Å². The zero-order valence-electron chi connectivity index (χ0n) is 14.9. The van der Waals surface area contributed by atoms with Gasteiger partial charge in [0.1, 0.15) is 17.2 Å². The molecule has 1 aliphatic rings. The fourth-order valence-electron chi connectivity index (χ4n) is 2.80. The minimum atomic E-state index is -3.95. The first-order valence-electron chi connectivity index (χ1n) is 8.31. The third-order valence-electron chi connectivity index (χ3n) is 4.63. The minimum absolute atomic E-state index is 0.162. The van der Waals surface area contributed by atoms with E-state index in [2.05, 4.69) is 30.4 Å². The SMILES string of the molecule is C=CS(=O)(=O)NC(=O)c1cnc(N2CC(C)C2C)c(-c2ccc(F)cc2)n1. The molecule has 0 saturated carbocycles. The van der Waals surface area contributed by atoms with Gasteiger partial charge in [0.15, 0.2) is 5.82 Å². The van der Waals surface area contributed by atoms with E-state index in [4.69, 9.17) is 0 Å². The Labute approximate surface area is 157 Å². The average Bonchev–Trinajstić information content (AvgIpc) is 2.65. The molecule has 9 heteroatoms. The van der Waals surface area contributed by atoms with Crippen LogP contribution in [0.1, 0.15) is 24.3 Å². The van der Waals surface area contributed by atoms with Gasteiger partial charge in [0.25, 0.3) is 15.9 Å².